The fraction of sp³-hybridized carbons (Fsp3) is 0.0833. The molecule has 9 heteroatoms. The van der Waals surface area contributed by atoms with Crippen LogP contribution < -0.4 is 5.56 Å². The molecular weight excluding hydrogens is 524 g/mol. The molecule has 0 aliphatic carbocycles. The summed E-state index contributed by atoms with van der Waals surface area (Å²) >= 11 is 10.8. The van der Waals surface area contributed by atoms with Gasteiger partial charge in [-0.25, -0.2) is 4.98 Å². The van der Waals surface area contributed by atoms with Gasteiger partial charge >= 0.3 is 0 Å². The van der Waals surface area contributed by atoms with Gasteiger partial charge in [-0.2, -0.15) is 4.98 Å². The quantitative estimate of drug-likeness (QED) is 0.189. The van der Waals surface area contributed by atoms with Crippen molar-refractivity contribution in [1.82, 2.24) is 19.7 Å². The number of fused-ring (bicyclic) bond motifs is 1. The highest BCUT2D eigenvalue weighted by Crippen LogP contribution is 2.25. The molecule has 0 saturated carbocycles. The van der Waals surface area contributed by atoms with Crippen molar-refractivity contribution in [1.29, 1.82) is 0 Å². The molecule has 0 spiro atoms. The molecule has 2 aromatic heterocycles. The van der Waals surface area contributed by atoms with Crippen LogP contribution in [0.25, 0.3) is 22.3 Å². The summed E-state index contributed by atoms with van der Waals surface area (Å²) in [6.45, 7) is 0.379. The Labute approximate surface area is 206 Å². The van der Waals surface area contributed by atoms with Crippen LogP contribution in [0, 0.1) is 0 Å². The van der Waals surface area contributed by atoms with Crippen LogP contribution in [0.5, 0.6) is 0 Å². The SMILES string of the molecule is O=c1c2ccccc2nc(SCc2nc(-c3ccc(Br)cc3)no2)n1Cc1ccc(Cl)cc1. The second kappa shape index (κ2) is 9.51. The van der Waals surface area contributed by atoms with Gasteiger partial charge in [-0.1, -0.05) is 68.7 Å². The molecule has 0 aliphatic heterocycles. The summed E-state index contributed by atoms with van der Waals surface area (Å²) in [5, 5.41) is 5.88. The molecule has 3 aromatic carbocycles. The smallest absolute Gasteiger partial charge is 0.262 e. The van der Waals surface area contributed by atoms with Crippen molar-refractivity contribution in [2.45, 2.75) is 17.5 Å². The van der Waals surface area contributed by atoms with Crippen LogP contribution in [0.4, 0.5) is 0 Å². The summed E-state index contributed by atoms with van der Waals surface area (Å²) in [5.74, 6) is 1.36. The molecule has 0 radical (unpaired) electrons. The van der Waals surface area contributed by atoms with Crippen molar-refractivity contribution in [3.8, 4) is 11.4 Å². The van der Waals surface area contributed by atoms with Crippen molar-refractivity contribution < 1.29 is 4.52 Å². The zero-order valence-electron chi connectivity index (χ0n) is 17.1. The van der Waals surface area contributed by atoms with E-state index in [9.17, 15) is 4.79 Å². The summed E-state index contributed by atoms with van der Waals surface area (Å²) in [4.78, 5) is 22.5. The van der Waals surface area contributed by atoms with Crippen LogP contribution in [-0.2, 0) is 12.3 Å². The van der Waals surface area contributed by atoms with Gasteiger partial charge in [-0.05, 0) is 54.1 Å². The number of halogens is 2. The van der Waals surface area contributed by atoms with E-state index in [1.165, 1.54) is 11.8 Å². The van der Waals surface area contributed by atoms with E-state index in [0.717, 1.165) is 15.6 Å². The molecule has 6 nitrogen and oxygen atoms in total. The van der Waals surface area contributed by atoms with Gasteiger partial charge in [0, 0.05) is 15.1 Å². The van der Waals surface area contributed by atoms with Crippen LogP contribution in [0.3, 0.4) is 0 Å². The number of para-hydroxylation sites is 1. The Balaban J connectivity index is 1.45. The zero-order valence-corrected chi connectivity index (χ0v) is 20.3. The molecule has 0 aliphatic rings. The Hall–Kier alpha value is -2.94. The maximum absolute atomic E-state index is 13.3. The van der Waals surface area contributed by atoms with Crippen molar-refractivity contribution in [2.24, 2.45) is 0 Å². The maximum atomic E-state index is 13.3. The molecule has 5 rings (SSSR count). The number of hydrogen-bond acceptors (Lipinski definition) is 6. The minimum Gasteiger partial charge on any atom is -0.338 e. The molecule has 164 valence electrons. The molecule has 0 atom stereocenters. The number of thioether (sulfide) groups is 1. The summed E-state index contributed by atoms with van der Waals surface area (Å²) in [6, 6.07) is 22.5. The first-order valence-electron chi connectivity index (χ1n) is 10.0. The van der Waals surface area contributed by atoms with Crippen molar-refractivity contribution in [3.63, 3.8) is 0 Å². The molecule has 5 aromatic rings. The third-order valence-electron chi connectivity index (χ3n) is 4.98. The molecule has 0 saturated heterocycles. The first-order chi connectivity index (χ1) is 16.1. The van der Waals surface area contributed by atoms with Gasteiger partial charge in [0.15, 0.2) is 5.16 Å². The number of hydrogen-bond donors (Lipinski definition) is 0. The van der Waals surface area contributed by atoms with Crippen molar-refractivity contribution in [2.75, 3.05) is 0 Å². The Kier molecular flexibility index (Phi) is 6.30. The van der Waals surface area contributed by atoms with Gasteiger partial charge in [-0.15, -0.1) is 0 Å². The highest BCUT2D eigenvalue weighted by atomic mass is 79.9. The van der Waals surface area contributed by atoms with E-state index in [1.807, 2.05) is 66.7 Å². The van der Waals surface area contributed by atoms with E-state index in [4.69, 9.17) is 21.1 Å². The fourth-order valence-corrected chi connectivity index (χ4v) is 4.55. The normalized spacial score (nSPS) is 11.2. The Morgan fingerprint density at radius 3 is 2.52 bits per heavy atom. The van der Waals surface area contributed by atoms with E-state index in [1.54, 1.807) is 10.6 Å². The summed E-state index contributed by atoms with van der Waals surface area (Å²) < 4.78 is 8.08. The van der Waals surface area contributed by atoms with E-state index in [0.29, 0.717) is 45.1 Å². The molecule has 33 heavy (non-hydrogen) atoms. The summed E-state index contributed by atoms with van der Waals surface area (Å²) in [7, 11) is 0. The third kappa shape index (κ3) is 4.88. The lowest BCUT2D eigenvalue weighted by atomic mass is 10.2. The second-order valence-electron chi connectivity index (χ2n) is 7.24. The lowest BCUT2D eigenvalue weighted by Crippen LogP contribution is -2.24. The monoisotopic (exact) mass is 538 g/mol. The molecule has 0 unspecified atom stereocenters. The topological polar surface area (TPSA) is 73.8 Å². The van der Waals surface area contributed by atoms with Gasteiger partial charge in [0.25, 0.3) is 5.56 Å². The van der Waals surface area contributed by atoms with Crippen LogP contribution in [0.1, 0.15) is 11.5 Å². The number of nitrogens with zero attached hydrogens (tertiary/aromatic N) is 4. The standard InChI is InChI=1S/C24H16BrClN4O2S/c25-17-9-7-16(8-10-17)22-28-21(32-29-22)14-33-24-27-20-4-2-1-3-19(20)23(31)30(24)13-15-5-11-18(26)12-6-15/h1-12H,13-14H2. The minimum atomic E-state index is -0.0980. The Morgan fingerprint density at radius 1 is 0.970 bits per heavy atom. The van der Waals surface area contributed by atoms with E-state index >= 15 is 0 Å². The van der Waals surface area contributed by atoms with Gasteiger partial charge in [0.2, 0.25) is 11.7 Å². The predicted molar refractivity (Wildman–Crippen MR) is 134 cm³/mol. The van der Waals surface area contributed by atoms with Crippen LogP contribution in [-0.4, -0.2) is 19.7 Å². The number of rotatable bonds is 6. The summed E-state index contributed by atoms with van der Waals surface area (Å²) in [6.07, 6.45) is 0. The first-order valence-corrected chi connectivity index (χ1v) is 12.2. The Bertz CT molecular complexity index is 1480. The number of benzene rings is 3. The van der Waals surface area contributed by atoms with E-state index in [-0.39, 0.29) is 5.56 Å². The molecule has 0 bridgehead atoms. The third-order valence-corrected chi connectivity index (χ3v) is 6.72. The molecule has 0 amide bonds. The zero-order chi connectivity index (χ0) is 22.8. The van der Waals surface area contributed by atoms with Crippen LogP contribution >= 0.6 is 39.3 Å². The highest BCUT2D eigenvalue weighted by molar-refractivity contribution is 9.10. The average Bonchev–Trinajstić information content (AvgIpc) is 3.30. The fourth-order valence-electron chi connectivity index (χ4n) is 3.33. The molecule has 0 fully saturated rings. The van der Waals surface area contributed by atoms with Gasteiger partial charge < -0.3 is 4.52 Å². The lowest BCUT2D eigenvalue weighted by Gasteiger charge is -2.13. The molecule has 2 heterocycles. The van der Waals surface area contributed by atoms with Gasteiger partial charge in [0.1, 0.15) is 0 Å². The largest absolute Gasteiger partial charge is 0.338 e. The van der Waals surface area contributed by atoms with Crippen molar-refractivity contribution >= 4 is 50.2 Å². The first kappa shape index (κ1) is 21.9. The lowest BCUT2D eigenvalue weighted by molar-refractivity contribution is 0.391. The van der Waals surface area contributed by atoms with Crippen LogP contribution in [0.15, 0.2) is 91.7 Å². The van der Waals surface area contributed by atoms with Gasteiger partial charge in [0.05, 0.1) is 23.2 Å². The van der Waals surface area contributed by atoms with Gasteiger partial charge in [-0.3, -0.25) is 9.36 Å². The highest BCUT2D eigenvalue weighted by Gasteiger charge is 2.15. The maximum Gasteiger partial charge on any atom is 0.262 e. The number of aromatic nitrogens is 4. The predicted octanol–water partition coefficient (Wildman–Crippen LogP) is 6.20. The van der Waals surface area contributed by atoms with E-state index < -0.39 is 0 Å². The van der Waals surface area contributed by atoms with Crippen LogP contribution in [0.2, 0.25) is 5.02 Å². The minimum absolute atomic E-state index is 0.0980. The summed E-state index contributed by atoms with van der Waals surface area (Å²) in [5.41, 5.74) is 2.37. The van der Waals surface area contributed by atoms with E-state index in [2.05, 4.69) is 26.1 Å². The molecular formula is C24H16BrClN4O2S. The average molecular weight is 540 g/mol. The molecule has 0 N–H and O–H groups in total. The second-order valence-corrected chi connectivity index (χ2v) is 9.53. The Morgan fingerprint density at radius 2 is 1.73 bits per heavy atom. The van der Waals surface area contributed by atoms with Crippen molar-refractivity contribution in [3.05, 3.63) is 104 Å².